The molecule has 2 rings (SSSR count). The Bertz CT molecular complexity index is 708. The number of benzene rings is 2. The molecule has 22 heavy (non-hydrogen) atoms. The van der Waals surface area contributed by atoms with Crippen molar-refractivity contribution in [3.63, 3.8) is 0 Å². The Morgan fingerprint density at radius 2 is 1.36 bits per heavy atom. The molecule has 3 nitrogen and oxygen atoms in total. The van der Waals surface area contributed by atoms with Gasteiger partial charge in [-0.25, -0.2) is 0 Å². The maximum Gasteiger partial charge on any atom is 0.201 e. The van der Waals surface area contributed by atoms with Gasteiger partial charge in [0, 0.05) is 5.56 Å². The van der Waals surface area contributed by atoms with Gasteiger partial charge in [-0.3, -0.25) is 4.79 Å². The Labute approximate surface area is 131 Å². The van der Waals surface area contributed by atoms with E-state index >= 15 is 0 Å². The summed E-state index contributed by atoms with van der Waals surface area (Å²) in [5.74, 6) is 0.996. The molecule has 0 saturated carbocycles. The molecule has 2 aromatic rings. The molecule has 0 fully saturated rings. The molecule has 0 amide bonds. The fourth-order valence-corrected chi connectivity index (χ4v) is 2.83. The van der Waals surface area contributed by atoms with E-state index in [1.54, 1.807) is 26.4 Å². The molecule has 0 radical (unpaired) electrons. The predicted molar refractivity (Wildman–Crippen MR) is 88.4 cm³/mol. The molecule has 0 bridgehead atoms. The third kappa shape index (κ3) is 2.59. The standard InChI is InChI=1S/C19H22O3/c1-11-10-12(2)17(14(4)13(11)3)19(20)18-15(21-5)8-7-9-16(18)22-6/h7-10H,1-6H3. The minimum Gasteiger partial charge on any atom is -0.496 e. The highest BCUT2D eigenvalue weighted by Crippen LogP contribution is 2.33. The van der Waals surface area contributed by atoms with Crippen LogP contribution < -0.4 is 9.47 Å². The van der Waals surface area contributed by atoms with Crippen LogP contribution in [-0.2, 0) is 0 Å². The number of carbonyl (C=O) groups excluding carboxylic acids is 1. The van der Waals surface area contributed by atoms with Crippen LogP contribution in [0, 0.1) is 27.7 Å². The average Bonchev–Trinajstić information content (AvgIpc) is 2.51. The first-order chi connectivity index (χ1) is 10.4. The lowest BCUT2D eigenvalue weighted by Gasteiger charge is -2.17. The summed E-state index contributed by atoms with van der Waals surface area (Å²) < 4.78 is 10.7. The molecule has 0 aliphatic carbocycles. The Morgan fingerprint density at radius 1 is 0.818 bits per heavy atom. The highest BCUT2D eigenvalue weighted by molar-refractivity contribution is 6.14. The number of rotatable bonds is 4. The lowest BCUT2D eigenvalue weighted by atomic mass is 9.89. The van der Waals surface area contributed by atoms with Crippen molar-refractivity contribution >= 4 is 5.78 Å². The SMILES string of the molecule is COc1cccc(OC)c1C(=O)c1c(C)cc(C)c(C)c1C. The van der Waals surface area contributed by atoms with Crippen LogP contribution in [0.4, 0.5) is 0 Å². The molecule has 0 heterocycles. The van der Waals surface area contributed by atoms with E-state index in [0.29, 0.717) is 17.1 Å². The van der Waals surface area contributed by atoms with Gasteiger partial charge in [0.1, 0.15) is 17.1 Å². The molecule has 0 spiro atoms. The molecule has 0 aromatic heterocycles. The summed E-state index contributed by atoms with van der Waals surface area (Å²) in [5, 5.41) is 0. The van der Waals surface area contributed by atoms with Crippen molar-refractivity contribution in [1.29, 1.82) is 0 Å². The Balaban J connectivity index is 2.71. The summed E-state index contributed by atoms with van der Waals surface area (Å²) >= 11 is 0. The second kappa shape index (κ2) is 6.22. The van der Waals surface area contributed by atoms with E-state index in [1.165, 1.54) is 5.56 Å². The molecular weight excluding hydrogens is 276 g/mol. The van der Waals surface area contributed by atoms with E-state index in [-0.39, 0.29) is 5.78 Å². The zero-order valence-corrected chi connectivity index (χ0v) is 14.0. The fraction of sp³-hybridized carbons (Fsp3) is 0.316. The summed E-state index contributed by atoms with van der Waals surface area (Å²) in [6.07, 6.45) is 0. The molecule has 2 aromatic carbocycles. The maximum atomic E-state index is 13.2. The molecule has 0 aliphatic heterocycles. The molecule has 3 heteroatoms. The van der Waals surface area contributed by atoms with Gasteiger partial charge in [-0.05, 0) is 62.1 Å². The van der Waals surface area contributed by atoms with E-state index in [4.69, 9.17) is 9.47 Å². The lowest BCUT2D eigenvalue weighted by Crippen LogP contribution is -2.11. The second-order valence-corrected chi connectivity index (χ2v) is 5.50. The van der Waals surface area contributed by atoms with Crippen molar-refractivity contribution in [2.24, 2.45) is 0 Å². The first kappa shape index (κ1) is 16.1. The molecular formula is C19H22O3. The van der Waals surface area contributed by atoms with Crippen LogP contribution in [0.2, 0.25) is 0 Å². The van der Waals surface area contributed by atoms with Crippen molar-refractivity contribution < 1.29 is 14.3 Å². The van der Waals surface area contributed by atoms with Gasteiger partial charge in [0.25, 0.3) is 0 Å². The maximum absolute atomic E-state index is 13.2. The van der Waals surface area contributed by atoms with Gasteiger partial charge in [-0.1, -0.05) is 12.1 Å². The number of ether oxygens (including phenoxy) is 2. The van der Waals surface area contributed by atoms with Crippen molar-refractivity contribution in [1.82, 2.24) is 0 Å². The summed E-state index contributed by atoms with van der Waals surface area (Å²) in [6.45, 7) is 8.06. The van der Waals surface area contributed by atoms with Crippen LogP contribution >= 0.6 is 0 Å². The number of hydrogen-bond acceptors (Lipinski definition) is 3. The monoisotopic (exact) mass is 298 g/mol. The first-order valence-electron chi connectivity index (χ1n) is 7.25. The second-order valence-electron chi connectivity index (χ2n) is 5.50. The third-order valence-electron chi connectivity index (χ3n) is 4.24. The minimum atomic E-state index is -0.0626. The highest BCUT2D eigenvalue weighted by atomic mass is 16.5. The van der Waals surface area contributed by atoms with E-state index < -0.39 is 0 Å². The van der Waals surface area contributed by atoms with Gasteiger partial charge in [0.15, 0.2) is 0 Å². The predicted octanol–water partition coefficient (Wildman–Crippen LogP) is 4.17. The van der Waals surface area contributed by atoms with Crippen molar-refractivity contribution in [2.75, 3.05) is 14.2 Å². The zero-order chi connectivity index (χ0) is 16.4. The smallest absolute Gasteiger partial charge is 0.201 e. The molecule has 0 atom stereocenters. The summed E-state index contributed by atoms with van der Waals surface area (Å²) in [5.41, 5.74) is 5.52. The van der Waals surface area contributed by atoms with Crippen LogP contribution in [0.25, 0.3) is 0 Å². The van der Waals surface area contributed by atoms with Gasteiger partial charge in [-0.15, -0.1) is 0 Å². The van der Waals surface area contributed by atoms with Crippen LogP contribution in [0.1, 0.15) is 38.2 Å². The molecule has 0 N–H and O–H groups in total. The molecule has 0 aliphatic rings. The molecule has 0 saturated heterocycles. The quantitative estimate of drug-likeness (QED) is 0.795. The Hall–Kier alpha value is -2.29. The van der Waals surface area contributed by atoms with Crippen LogP contribution in [0.15, 0.2) is 24.3 Å². The molecule has 116 valence electrons. The number of ketones is 1. The average molecular weight is 298 g/mol. The minimum absolute atomic E-state index is 0.0626. The van der Waals surface area contributed by atoms with Crippen molar-refractivity contribution in [3.8, 4) is 11.5 Å². The summed E-state index contributed by atoms with van der Waals surface area (Å²) in [6, 6.07) is 7.43. The normalized spacial score (nSPS) is 10.5. The Kier molecular flexibility index (Phi) is 4.55. The van der Waals surface area contributed by atoms with E-state index in [1.807, 2.05) is 26.8 Å². The van der Waals surface area contributed by atoms with E-state index in [9.17, 15) is 4.79 Å². The van der Waals surface area contributed by atoms with Gasteiger partial charge in [0.05, 0.1) is 14.2 Å². The number of methoxy groups -OCH3 is 2. The van der Waals surface area contributed by atoms with Crippen LogP contribution in [0.3, 0.4) is 0 Å². The van der Waals surface area contributed by atoms with Gasteiger partial charge >= 0.3 is 0 Å². The zero-order valence-electron chi connectivity index (χ0n) is 14.0. The number of carbonyl (C=O) groups is 1. The van der Waals surface area contributed by atoms with Crippen molar-refractivity contribution in [3.05, 3.63) is 57.6 Å². The summed E-state index contributed by atoms with van der Waals surface area (Å²) in [4.78, 5) is 13.2. The van der Waals surface area contributed by atoms with Crippen molar-refractivity contribution in [2.45, 2.75) is 27.7 Å². The molecule has 0 unspecified atom stereocenters. The van der Waals surface area contributed by atoms with Gasteiger partial charge < -0.3 is 9.47 Å². The first-order valence-corrected chi connectivity index (χ1v) is 7.25. The van der Waals surface area contributed by atoms with Gasteiger partial charge in [-0.2, -0.15) is 0 Å². The summed E-state index contributed by atoms with van der Waals surface area (Å²) in [7, 11) is 3.12. The number of aryl methyl sites for hydroxylation is 2. The number of hydrogen-bond donors (Lipinski definition) is 0. The topological polar surface area (TPSA) is 35.5 Å². The Morgan fingerprint density at radius 3 is 1.86 bits per heavy atom. The van der Waals surface area contributed by atoms with Crippen LogP contribution in [0.5, 0.6) is 11.5 Å². The third-order valence-corrected chi connectivity index (χ3v) is 4.24. The lowest BCUT2D eigenvalue weighted by molar-refractivity contribution is 0.103. The van der Waals surface area contributed by atoms with Gasteiger partial charge in [0.2, 0.25) is 5.78 Å². The van der Waals surface area contributed by atoms with Crippen LogP contribution in [-0.4, -0.2) is 20.0 Å². The van der Waals surface area contributed by atoms with E-state index in [0.717, 1.165) is 22.3 Å². The van der Waals surface area contributed by atoms with E-state index in [2.05, 4.69) is 13.0 Å². The highest BCUT2D eigenvalue weighted by Gasteiger charge is 2.23. The largest absolute Gasteiger partial charge is 0.496 e. The fourth-order valence-electron chi connectivity index (χ4n) is 2.83.